The normalized spacial score (nSPS) is 24.8. The van der Waals surface area contributed by atoms with Crippen LogP contribution in [0.1, 0.15) is 50.5 Å². The molecule has 1 unspecified atom stereocenters. The van der Waals surface area contributed by atoms with Gasteiger partial charge in [0.1, 0.15) is 0 Å². The first-order valence-corrected chi connectivity index (χ1v) is 7.35. The molecule has 0 radical (unpaired) electrons. The lowest BCUT2D eigenvalue weighted by Crippen LogP contribution is -2.40. The van der Waals surface area contributed by atoms with Crippen molar-refractivity contribution < 1.29 is 0 Å². The molecule has 1 heterocycles. The predicted octanol–water partition coefficient (Wildman–Crippen LogP) is 3.51. The Morgan fingerprint density at radius 2 is 2.06 bits per heavy atom. The van der Waals surface area contributed by atoms with Crippen molar-refractivity contribution in [2.75, 3.05) is 18.4 Å². The van der Waals surface area contributed by atoms with E-state index in [-0.39, 0.29) is 0 Å². The van der Waals surface area contributed by atoms with Gasteiger partial charge in [0.05, 0.1) is 0 Å². The Morgan fingerprint density at radius 1 is 1.28 bits per heavy atom. The fourth-order valence-electron chi connectivity index (χ4n) is 3.49. The maximum Gasteiger partial charge on any atom is 0.0376 e. The van der Waals surface area contributed by atoms with Gasteiger partial charge in [-0.3, -0.25) is 0 Å². The molecular weight excluding hydrogens is 220 g/mol. The van der Waals surface area contributed by atoms with Gasteiger partial charge in [-0.15, -0.1) is 0 Å². The Hall–Kier alpha value is -1.02. The molecule has 2 N–H and O–H groups in total. The first-order valence-electron chi connectivity index (χ1n) is 7.35. The van der Waals surface area contributed by atoms with Crippen LogP contribution in [0.5, 0.6) is 0 Å². The van der Waals surface area contributed by atoms with Crippen molar-refractivity contribution in [2.45, 2.75) is 50.5 Å². The lowest BCUT2D eigenvalue weighted by atomic mass is 9.96. The van der Waals surface area contributed by atoms with E-state index in [2.05, 4.69) is 41.8 Å². The molecule has 1 saturated carbocycles. The predicted molar refractivity (Wildman–Crippen MR) is 77.2 cm³/mol. The summed E-state index contributed by atoms with van der Waals surface area (Å²) >= 11 is 0. The van der Waals surface area contributed by atoms with Crippen LogP contribution in [0.2, 0.25) is 0 Å². The van der Waals surface area contributed by atoms with E-state index in [0.717, 1.165) is 13.1 Å². The molecule has 0 bridgehead atoms. The molecule has 2 nitrogen and oxygen atoms in total. The van der Waals surface area contributed by atoms with Crippen LogP contribution in [-0.2, 0) is 0 Å². The maximum atomic E-state index is 3.79. The van der Waals surface area contributed by atoms with Crippen molar-refractivity contribution in [3.8, 4) is 0 Å². The summed E-state index contributed by atoms with van der Waals surface area (Å²) in [6.45, 7) is 4.65. The van der Waals surface area contributed by atoms with Crippen molar-refractivity contribution in [2.24, 2.45) is 0 Å². The summed E-state index contributed by atoms with van der Waals surface area (Å²) in [5.41, 5.74) is 3.27. The van der Waals surface area contributed by atoms with Crippen molar-refractivity contribution in [1.82, 2.24) is 5.32 Å². The number of hydrogen-bond donors (Lipinski definition) is 2. The molecule has 1 aliphatic heterocycles. The minimum absolute atomic E-state index is 0.422. The van der Waals surface area contributed by atoms with Crippen LogP contribution >= 0.6 is 0 Å². The van der Waals surface area contributed by atoms with Gasteiger partial charge in [0, 0.05) is 23.7 Å². The summed E-state index contributed by atoms with van der Waals surface area (Å²) in [6.07, 6.45) is 6.76. The Labute approximate surface area is 110 Å². The summed E-state index contributed by atoms with van der Waals surface area (Å²) in [4.78, 5) is 0. The minimum Gasteiger partial charge on any atom is -0.384 e. The zero-order chi connectivity index (χ0) is 12.4. The van der Waals surface area contributed by atoms with Crippen molar-refractivity contribution in [3.05, 3.63) is 29.8 Å². The van der Waals surface area contributed by atoms with E-state index in [4.69, 9.17) is 0 Å². The van der Waals surface area contributed by atoms with Crippen LogP contribution in [0.4, 0.5) is 5.69 Å². The third-order valence-corrected chi connectivity index (χ3v) is 4.69. The largest absolute Gasteiger partial charge is 0.384 e. The van der Waals surface area contributed by atoms with Gasteiger partial charge in [0.2, 0.25) is 0 Å². The van der Waals surface area contributed by atoms with Gasteiger partial charge in [0.15, 0.2) is 0 Å². The summed E-state index contributed by atoms with van der Waals surface area (Å²) in [5, 5.41) is 7.30. The van der Waals surface area contributed by atoms with Gasteiger partial charge < -0.3 is 10.6 Å². The van der Waals surface area contributed by atoms with E-state index < -0.39 is 0 Å². The zero-order valence-corrected chi connectivity index (χ0v) is 11.3. The number of anilines is 1. The summed E-state index contributed by atoms with van der Waals surface area (Å²) in [7, 11) is 0. The third-order valence-electron chi connectivity index (χ3n) is 4.69. The molecule has 1 atom stereocenters. The SMILES string of the molecule is CC1(NCCC2CNc3ccccc32)CCCC1. The monoisotopic (exact) mass is 244 g/mol. The Bertz CT molecular complexity index is 407. The number of rotatable bonds is 4. The van der Waals surface area contributed by atoms with Gasteiger partial charge >= 0.3 is 0 Å². The number of fused-ring (bicyclic) bond motifs is 1. The quantitative estimate of drug-likeness (QED) is 0.847. The molecule has 2 heteroatoms. The molecule has 1 aromatic carbocycles. The van der Waals surface area contributed by atoms with Gasteiger partial charge in [-0.05, 0) is 44.4 Å². The van der Waals surface area contributed by atoms with Gasteiger partial charge in [-0.25, -0.2) is 0 Å². The van der Waals surface area contributed by atoms with Crippen LogP contribution in [-0.4, -0.2) is 18.6 Å². The van der Waals surface area contributed by atoms with Crippen LogP contribution in [0, 0.1) is 0 Å². The van der Waals surface area contributed by atoms with Crippen molar-refractivity contribution in [3.63, 3.8) is 0 Å². The molecule has 2 aliphatic rings. The molecule has 1 fully saturated rings. The van der Waals surface area contributed by atoms with E-state index in [0.29, 0.717) is 11.5 Å². The van der Waals surface area contributed by atoms with Crippen LogP contribution in [0.25, 0.3) is 0 Å². The highest BCUT2D eigenvalue weighted by Crippen LogP contribution is 2.33. The molecular formula is C16H24N2. The average Bonchev–Trinajstić information content (AvgIpc) is 2.97. The van der Waals surface area contributed by atoms with Crippen LogP contribution in [0.15, 0.2) is 24.3 Å². The lowest BCUT2D eigenvalue weighted by molar-refractivity contribution is 0.358. The summed E-state index contributed by atoms with van der Waals surface area (Å²) < 4.78 is 0. The first kappa shape index (κ1) is 12.0. The summed E-state index contributed by atoms with van der Waals surface area (Å²) in [6, 6.07) is 8.74. The van der Waals surface area contributed by atoms with Gasteiger partial charge in [0.25, 0.3) is 0 Å². The Balaban J connectivity index is 1.53. The lowest BCUT2D eigenvalue weighted by Gasteiger charge is -2.26. The van der Waals surface area contributed by atoms with Gasteiger partial charge in [-0.1, -0.05) is 31.0 Å². The highest BCUT2D eigenvalue weighted by Gasteiger charge is 2.28. The molecule has 1 aromatic rings. The molecule has 0 spiro atoms. The molecule has 1 aliphatic carbocycles. The van der Waals surface area contributed by atoms with Crippen molar-refractivity contribution >= 4 is 5.69 Å². The maximum absolute atomic E-state index is 3.79. The minimum atomic E-state index is 0.422. The van der Waals surface area contributed by atoms with E-state index in [1.807, 2.05) is 0 Å². The zero-order valence-electron chi connectivity index (χ0n) is 11.3. The highest BCUT2D eigenvalue weighted by atomic mass is 15.0. The second-order valence-electron chi connectivity index (χ2n) is 6.15. The number of benzene rings is 1. The molecule has 3 rings (SSSR count). The number of nitrogens with one attached hydrogen (secondary N) is 2. The second kappa shape index (κ2) is 4.93. The van der Waals surface area contributed by atoms with E-state index >= 15 is 0 Å². The number of hydrogen-bond acceptors (Lipinski definition) is 2. The fourth-order valence-corrected chi connectivity index (χ4v) is 3.49. The topological polar surface area (TPSA) is 24.1 Å². The van der Waals surface area contributed by atoms with Crippen LogP contribution < -0.4 is 10.6 Å². The molecule has 0 aromatic heterocycles. The molecule has 0 amide bonds. The Kier molecular flexibility index (Phi) is 3.29. The molecule has 18 heavy (non-hydrogen) atoms. The molecule has 98 valence electrons. The standard InChI is InChI=1S/C16H24N2/c1-16(9-4-5-10-16)18-11-8-13-12-17-15-7-3-2-6-14(13)15/h2-3,6-7,13,17-18H,4-5,8-12H2,1H3. The second-order valence-corrected chi connectivity index (χ2v) is 6.15. The average molecular weight is 244 g/mol. The highest BCUT2D eigenvalue weighted by molar-refractivity contribution is 5.57. The van der Waals surface area contributed by atoms with Crippen molar-refractivity contribution in [1.29, 1.82) is 0 Å². The van der Waals surface area contributed by atoms with Crippen LogP contribution in [0.3, 0.4) is 0 Å². The molecule has 0 saturated heterocycles. The van der Waals surface area contributed by atoms with E-state index in [1.54, 1.807) is 0 Å². The Morgan fingerprint density at radius 3 is 2.89 bits per heavy atom. The van der Waals surface area contributed by atoms with Gasteiger partial charge in [-0.2, -0.15) is 0 Å². The van der Waals surface area contributed by atoms with E-state index in [1.165, 1.54) is 43.4 Å². The number of para-hydroxylation sites is 1. The first-order chi connectivity index (χ1) is 8.77. The summed E-state index contributed by atoms with van der Waals surface area (Å²) in [5.74, 6) is 0.693. The van der Waals surface area contributed by atoms with E-state index in [9.17, 15) is 0 Å². The fraction of sp³-hybridized carbons (Fsp3) is 0.625. The smallest absolute Gasteiger partial charge is 0.0376 e. The third kappa shape index (κ3) is 2.39.